The molecule has 28 heavy (non-hydrogen) atoms. The third-order valence-electron chi connectivity index (χ3n) is 2.85. The number of esters is 1. The van der Waals surface area contributed by atoms with Gasteiger partial charge in [-0.2, -0.15) is 13.2 Å². The summed E-state index contributed by atoms with van der Waals surface area (Å²) >= 11 is 1.34. The monoisotopic (exact) mass is 423 g/mol. The van der Waals surface area contributed by atoms with Crippen LogP contribution in [0.1, 0.15) is 20.2 Å². The molecule has 0 aromatic carbocycles. The molecule has 0 fully saturated rings. The lowest BCUT2D eigenvalue weighted by Crippen LogP contribution is -2.29. The summed E-state index contributed by atoms with van der Waals surface area (Å²) in [7, 11) is 1.35. The number of carboxylic acids is 1. The summed E-state index contributed by atoms with van der Waals surface area (Å²) in [6.07, 6.45) is -3.35. The van der Waals surface area contributed by atoms with Crippen molar-refractivity contribution in [2.45, 2.75) is 19.3 Å². The van der Waals surface area contributed by atoms with Crippen LogP contribution < -0.4 is 11.1 Å². The minimum Gasteiger partial charge on any atom is -0.475 e. The molecule has 2 aromatic rings. The number of thiophene rings is 1. The van der Waals surface area contributed by atoms with E-state index in [1.807, 2.05) is 6.07 Å². The third-order valence-corrected chi connectivity index (χ3v) is 3.90. The Balaban J connectivity index is 0.000000480. The van der Waals surface area contributed by atoms with Gasteiger partial charge in [0.1, 0.15) is 10.6 Å². The second-order valence-electron chi connectivity index (χ2n) is 4.95. The molecule has 0 aliphatic carbocycles. The van der Waals surface area contributed by atoms with Gasteiger partial charge in [0.2, 0.25) is 5.91 Å². The number of nitrogens with zero attached hydrogens (tertiary/aromatic N) is 3. The SMILES string of the molecule is COC(=O)c1ccc(Cn2cc(CNC(=O)CN)nn2)s1.O=C(O)C(F)(F)F. The number of aromatic nitrogens is 3. The Bertz CT molecular complexity index is 820. The highest BCUT2D eigenvalue weighted by Crippen LogP contribution is 2.18. The quantitative estimate of drug-likeness (QED) is 0.565. The largest absolute Gasteiger partial charge is 0.490 e. The molecule has 0 saturated carbocycles. The minimum atomic E-state index is -5.08. The lowest BCUT2D eigenvalue weighted by molar-refractivity contribution is -0.192. The van der Waals surface area contributed by atoms with Crippen LogP contribution >= 0.6 is 11.3 Å². The second kappa shape index (κ2) is 10.4. The summed E-state index contributed by atoms with van der Waals surface area (Å²) in [4.78, 5) is 32.8. The first-order chi connectivity index (χ1) is 13.1. The van der Waals surface area contributed by atoms with Gasteiger partial charge in [-0.05, 0) is 12.1 Å². The molecule has 10 nitrogen and oxygen atoms in total. The van der Waals surface area contributed by atoms with Gasteiger partial charge in [0.15, 0.2) is 0 Å². The molecule has 0 saturated heterocycles. The molecule has 0 spiro atoms. The highest BCUT2D eigenvalue weighted by atomic mass is 32.1. The van der Waals surface area contributed by atoms with Gasteiger partial charge in [-0.15, -0.1) is 16.4 Å². The smallest absolute Gasteiger partial charge is 0.475 e. The predicted molar refractivity (Wildman–Crippen MR) is 89.4 cm³/mol. The number of halogens is 3. The van der Waals surface area contributed by atoms with Crippen LogP contribution in [0.4, 0.5) is 13.2 Å². The molecule has 4 N–H and O–H groups in total. The number of carboxylic acid groups (broad SMARTS) is 1. The van der Waals surface area contributed by atoms with Crippen molar-refractivity contribution >= 4 is 29.2 Å². The van der Waals surface area contributed by atoms with Gasteiger partial charge in [-0.1, -0.05) is 5.21 Å². The number of nitrogens with one attached hydrogen (secondary N) is 1. The van der Waals surface area contributed by atoms with E-state index in [9.17, 15) is 22.8 Å². The zero-order valence-corrected chi connectivity index (χ0v) is 15.2. The van der Waals surface area contributed by atoms with E-state index in [1.165, 1.54) is 18.4 Å². The zero-order valence-electron chi connectivity index (χ0n) is 14.4. The van der Waals surface area contributed by atoms with Crippen molar-refractivity contribution in [2.75, 3.05) is 13.7 Å². The van der Waals surface area contributed by atoms with E-state index < -0.39 is 12.1 Å². The first-order valence-electron chi connectivity index (χ1n) is 7.39. The van der Waals surface area contributed by atoms with E-state index in [4.69, 9.17) is 15.6 Å². The molecule has 0 atom stereocenters. The topological polar surface area (TPSA) is 149 Å². The van der Waals surface area contributed by atoms with Crippen LogP contribution in [0.15, 0.2) is 18.3 Å². The summed E-state index contributed by atoms with van der Waals surface area (Å²) in [6.45, 7) is 0.729. The van der Waals surface area contributed by atoms with Gasteiger partial charge in [-0.3, -0.25) is 4.79 Å². The number of hydrogen-bond donors (Lipinski definition) is 3. The summed E-state index contributed by atoms with van der Waals surface area (Å²) in [5.74, 6) is -3.35. The van der Waals surface area contributed by atoms with Crippen molar-refractivity contribution in [3.8, 4) is 0 Å². The van der Waals surface area contributed by atoms with Gasteiger partial charge >= 0.3 is 18.1 Å². The number of hydrogen-bond acceptors (Lipinski definition) is 8. The van der Waals surface area contributed by atoms with Crippen molar-refractivity contribution in [2.24, 2.45) is 5.73 Å². The molecular formula is C14H16F3N5O5S. The van der Waals surface area contributed by atoms with Gasteiger partial charge < -0.3 is 20.9 Å². The Kier molecular flexibility index (Phi) is 8.53. The van der Waals surface area contributed by atoms with Gasteiger partial charge in [0.05, 0.1) is 32.9 Å². The van der Waals surface area contributed by atoms with E-state index in [0.29, 0.717) is 17.1 Å². The standard InChI is InChI=1S/C12H15N5O3S.C2HF3O2/c1-20-12(19)10-3-2-9(21-10)7-17-6-8(15-16-17)5-14-11(18)4-13;3-2(4,5)1(6)7/h2-3,6H,4-5,7,13H2,1H3,(H,14,18);(H,6,7). The number of ether oxygens (including phenoxy) is 1. The van der Waals surface area contributed by atoms with E-state index in [-0.39, 0.29) is 25.0 Å². The van der Waals surface area contributed by atoms with Gasteiger partial charge in [0, 0.05) is 4.88 Å². The third kappa shape index (κ3) is 7.71. The summed E-state index contributed by atoms with van der Waals surface area (Å²) in [6, 6.07) is 3.56. The Labute approximate surface area is 160 Å². The number of aliphatic carboxylic acids is 1. The Hall–Kier alpha value is -3.00. The van der Waals surface area contributed by atoms with E-state index in [2.05, 4.69) is 20.4 Å². The molecule has 2 aromatic heterocycles. The van der Waals surface area contributed by atoms with Crippen LogP contribution in [0.3, 0.4) is 0 Å². The molecule has 0 radical (unpaired) electrons. The average Bonchev–Trinajstić information content (AvgIpc) is 3.28. The second-order valence-corrected chi connectivity index (χ2v) is 6.12. The summed E-state index contributed by atoms with van der Waals surface area (Å²) in [5.41, 5.74) is 5.83. The number of carbonyl (C=O) groups excluding carboxylic acids is 2. The van der Waals surface area contributed by atoms with Crippen LogP contribution in [-0.2, 0) is 27.4 Å². The van der Waals surface area contributed by atoms with Crippen molar-refractivity contribution in [3.05, 3.63) is 33.8 Å². The molecule has 0 aliphatic rings. The lowest BCUT2D eigenvalue weighted by Gasteiger charge is -1.98. The molecular weight excluding hydrogens is 407 g/mol. The zero-order chi connectivity index (χ0) is 21.3. The van der Waals surface area contributed by atoms with Crippen LogP contribution in [0.5, 0.6) is 0 Å². The van der Waals surface area contributed by atoms with Crippen LogP contribution in [0.2, 0.25) is 0 Å². The van der Waals surface area contributed by atoms with E-state index in [1.54, 1.807) is 16.9 Å². The maximum absolute atomic E-state index is 11.4. The van der Waals surface area contributed by atoms with Gasteiger partial charge in [0.25, 0.3) is 0 Å². The Morgan fingerprint density at radius 2 is 2.00 bits per heavy atom. The first-order valence-corrected chi connectivity index (χ1v) is 8.21. The molecule has 14 heteroatoms. The molecule has 154 valence electrons. The fourth-order valence-electron chi connectivity index (χ4n) is 1.59. The highest BCUT2D eigenvalue weighted by Gasteiger charge is 2.38. The average molecular weight is 423 g/mol. The molecule has 2 heterocycles. The van der Waals surface area contributed by atoms with Crippen molar-refractivity contribution in [1.29, 1.82) is 0 Å². The van der Waals surface area contributed by atoms with E-state index >= 15 is 0 Å². The number of methoxy groups -OCH3 is 1. The predicted octanol–water partition coefficient (Wildman–Crippen LogP) is 0.383. The molecule has 0 aliphatic heterocycles. The molecule has 0 unspecified atom stereocenters. The number of alkyl halides is 3. The maximum atomic E-state index is 11.4. The fraction of sp³-hybridized carbons (Fsp3) is 0.357. The number of nitrogens with two attached hydrogens (primary N) is 1. The van der Waals surface area contributed by atoms with Crippen LogP contribution in [-0.4, -0.2) is 57.8 Å². The van der Waals surface area contributed by atoms with Crippen molar-refractivity contribution < 1.29 is 37.4 Å². The lowest BCUT2D eigenvalue weighted by atomic mass is 10.4. The van der Waals surface area contributed by atoms with E-state index in [0.717, 1.165) is 4.88 Å². The maximum Gasteiger partial charge on any atom is 0.490 e. The van der Waals surface area contributed by atoms with Crippen molar-refractivity contribution in [3.63, 3.8) is 0 Å². The van der Waals surface area contributed by atoms with Crippen molar-refractivity contribution in [1.82, 2.24) is 20.3 Å². The Morgan fingerprint density at radius 3 is 2.54 bits per heavy atom. The molecule has 1 amide bonds. The Morgan fingerprint density at radius 1 is 1.36 bits per heavy atom. The number of rotatable bonds is 6. The van der Waals surface area contributed by atoms with Gasteiger partial charge in [-0.25, -0.2) is 14.3 Å². The summed E-state index contributed by atoms with van der Waals surface area (Å²) in [5, 5.41) is 17.7. The molecule has 0 bridgehead atoms. The first kappa shape index (κ1) is 23.0. The van der Waals surface area contributed by atoms with Crippen LogP contribution in [0.25, 0.3) is 0 Å². The fourth-order valence-corrected chi connectivity index (χ4v) is 2.51. The minimum absolute atomic E-state index is 0.0559. The molecule has 2 rings (SSSR count). The van der Waals surface area contributed by atoms with Crippen LogP contribution in [0, 0.1) is 0 Å². The number of amides is 1. The number of carbonyl (C=O) groups is 3. The highest BCUT2D eigenvalue weighted by molar-refractivity contribution is 7.13. The normalized spacial score (nSPS) is 10.6. The summed E-state index contributed by atoms with van der Waals surface area (Å²) < 4.78 is 38.0.